The molecule has 0 spiro atoms. The molecule has 26 heavy (non-hydrogen) atoms. The van der Waals surface area contributed by atoms with Crippen LogP contribution in [-0.4, -0.2) is 0 Å². The van der Waals surface area contributed by atoms with Crippen LogP contribution in [0, 0.1) is 13.8 Å². The second-order valence-electron chi connectivity index (χ2n) is 7.13. The van der Waals surface area contributed by atoms with Gasteiger partial charge in [0, 0.05) is 22.4 Å². The van der Waals surface area contributed by atoms with Crippen molar-refractivity contribution in [1.82, 2.24) is 0 Å². The molecule has 0 radical (unpaired) electrons. The molecule has 0 aliphatic rings. The van der Waals surface area contributed by atoms with E-state index in [1.807, 2.05) is 0 Å². The Hall–Kier alpha value is -3.13. The van der Waals surface area contributed by atoms with Crippen molar-refractivity contribution in [2.24, 2.45) is 7.05 Å². The van der Waals surface area contributed by atoms with Crippen LogP contribution in [0.2, 0.25) is 0 Å². The Kier molecular flexibility index (Phi) is 3.17. The highest BCUT2D eigenvalue weighted by molar-refractivity contribution is 6.13. The third kappa shape index (κ3) is 2.15. The lowest BCUT2D eigenvalue weighted by Gasteiger charge is -2.05. The van der Waals surface area contributed by atoms with Crippen LogP contribution < -0.4 is 4.57 Å². The standard InChI is InChI=1S/C24H20NO/c1-15-8-11-21(25(3)14-15)23-16(2)9-10-19-20-12-17-6-4-5-7-18(17)13-22(20)26-24(19)23/h4-14H,1-3H3/q+1. The van der Waals surface area contributed by atoms with Gasteiger partial charge in [-0.05, 0) is 48.4 Å². The Labute approximate surface area is 152 Å². The van der Waals surface area contributed by atoms with Gasteiger partial charge in [0.1, 0.15) is 18.2 Å². The zero-order valence-electron chi connectivity index (χ0n) is 15.2. The topological polar surface area (TPSA) is 17.0 Å². The molecule has 3 aromatic carbocycles. The summed E-state index contributed by atoms with van der Waals surface area (Å²) in [4.78, 5) is 0. The van der Waals surface area contributed by atoms with Crippen LogP contribution in [0.1, 0.15) is 11.1 Å². The van der Waals surface area contributed by atoms with Gasteiger partial charge in [-0.15, -0.1) is 0 Å². The van der Waals surface area contributed by atoms with E-state index in [-0.39, 0.29) is 0 Å². The van der Waals surface area contributed by atoms with E-state index in [0.29, 0.717) is 0 Å². The van der Waals surface area contributed by atoms with Crippen LogP contribution in [0.3, 0.4) is 0 Å². The fraction of sp³-hybridized carbons (Fsp3) is 0.125. The molecule has 0 aliphatic carbocycles. The first kappa shape index (κ1) is 15.2. The maximum Gasteiger partial charge on any atom is 0.216 e. The van der Waals surface area contributed by atoms with E-state index in [1.54, 1.807) is 0 Å². The van der Waals surface area contributed by atoms with Gasteiger partial charge in [-0.1, -0.05) is 36.4 Å². The quantitative estimate of drug-likeness (QED) is 0.351. The van der Waals surface area contributed by atoms with Gasteiger partial charge in [0.25, 0.3) is 0 Å². The molecule has 126 valence electrons. The molecule has 0 saturated heterocycles. The van der Waals surface area contributed by atoms with Gasteiger partial charge in [0.15, 0.2) is 6.20 Å². The first-order valence-corrected chi connectivity index (χ1v) is 8.93. The van der Waals surface area contributed by atoms with Gasteiger partial charge < -0.3 is 4.42 Å². The summed E-state index contributed by atoms with van der Waals surface area (Å²) in [6.45, 7) is 4.27. The first-order valence-electron chi connectivity index (χ1n) is 8.93. The number of hydrogen-bond acceptors (Lipinski definition) is 1. The smallest absolute Gasteiger partial charge is 0.216 e. The van der Waals surface area contributed by atoms with Gasteiger partial charge in [-0.3, -0.25) is 0 Å². The lowest BCUT2D eigenvalue weighted by Crippen LogP contribution is -2.31. The number of pyridine rings is 1. The normalized spacial score (nSPS) is 11.7. The molecule has 0 unspecified atom stereocenters. The van der Waals surface area contributed by atoms with Gasteiger partial charge in [0.2, 0.25) is 5.69 Å². The Morgan fingerprint density at radius 1 is 0.808 bits per heavy atom. The molecule has 0 atom stereocenters. The molecule has 0 saturated carbocycles. The molecule has 5 aromatic rings. The second-order valence-corrected chi connectivity index (χ2v) is 7.13. The maximum atomic E-state index is 6.40. The molecule has 0 amide bonds. The number of aryl methyl sites for hydroxylation is 3. The summed E-state index contributed by atoms with van der Waals surface area (Å²) in [6.07, 6.45) is 2.16. The van der Waals surface area contributed by atoms with Gasteiger partial charge in [-0.25, -0.2) is 4.57 Å². The molecular weight excluding hydrogens is 318 g/mol. The highest BCUT2D eigenvalue weighted by atomic mass is 16.3. The monoisotopic (exact) mass is 338 g/mol. The number of benzene rings is 3. The van der Waals surface area contributed by atoms with Crippen molar-refractivity contribution in [2.45, 2.75) is 13.8 Å². The molecule has 2 nitrogen and oxygen atoms in total. The van der Waals surface area contributed by atoms with Crippen LogP contribution in [0.5, 0.6) is 0 Å². The Balaban J connectivity index is 1.91. The molecule has 5 rings (SSSR count). The van der Waals surface area contributed by atoms with Crippen LogP contribution in [0.4, 0.5) is 0 Å². The van der Waals surface area contributed by atoms with E-state index < -0.39 is 0 Å². The number of rotatable bonds is 1. The molecular formula is C24H20NO+. The summed E-state index contributed by atoms with van der Waals surface area (Å²) in [6, 6.07) is 21.5. The number of furan rings is 1. The Bertz CT molecular complexity index is 1310. The largest absolute Gasteiger partial charge is 0.455 e. The SMILES string of the molecule is Cc1ccc(-c2c(C)ccc3c2oc2cc4ccccc4cc23)[n+](C)c1. The van der Waals surface area contributed by atoms with E-state index >= 15 is 0 Å². The zero-order valence-corrected chi connectivity index (χ0v) is 15.2. The predicted molar refractivity (Wildman–Crippen MR) is 107 cm³/mol. The minimum Gasteiger partial charge on any atom is -0.455 e. The van der Waals surface area contributed by atoms with Crippen molar-refractivity contribution in [1.29, 1.82) is 0 Å². The van der Waals surface area contributed by atoms with Crippen LogP contribution in [-0.2, 0) is 7.05 Å². The summed E-state index contributed by atoms with van der Waals surface area (Å²) in [5.41, 5.74) is 6.72. The summed E-state index contributed by atoms with van der Waals surface area (Å²) in [7, 11) is 2.09. The van der Waals surface area contributed by atoms with Crippen molar-refractivity contribution < 1.29 is 8.98 Å². The minimum absolute atomic E-state index is 0.945. The van der Waals surface area contributed by atoms with E-state index in [9.17, 15) is 0 Å². The maximum absolute atomic E-state index is 6.40. The van der Waals surface area contributed by atoms with Crippen molar-refractivity contribution in [3.05, 3.63) is 78.0 Å². The first-order chi connectivity index (χ1) is 12.6. The average molecular weight is 338 g/mol. The van der Waals surface area contributed by atoms with E-state index in [0.717, 1.165) is 11.2 Å². The summed E-state index contributed by atoms with van der Waals surface area (Å²) < 4.78 is 8.58. The predicted octanol–water partition coefficient (Wildman–Crippen LogP) is 5.85. The number of aromatic nitrogens is 1. The highest BCUT2D eigenvalue weighted by Gasteiger charge is 2.20. The number of fused-ring (bicyclic) bond motifs is 4. The summed E-state index contributed by atoms with van der Waals surface area (Å²) in [5, 5.41) is 4.80. The highest BCUT2D eigenvalue weighted by Crippen LogP contribution is 2.38. The lowest BCUT2D eigenvalue weighted by molar-refractivity contribution is -0.660. The van der Waals surface area contributed by atoms with Crippen LogP contribution >= 0.6 is 0 Å². The van der Waals surface area contributed by atoms with Gasteiger partial charge >= 0.3 is 0 Å². The fourth-order valence-electron chi connectivity index (χ4n) is 3.95. The lowest BCUT2D eigenvalue weighted by atomic mass is 9.99. The Morgan fingerprint density at radius 2 is 1.58 bits per heavy atom. The van der Waals surface area contributed by atoms with Gasteiger partial charge in [0.05, 0.1) is 5.56 Å². The third-order valence-corrected chi connectivity index (χ3v) is 5.25. The molecule has 2 heterocycles. The molecule has 0 N–H and O–H groups in total. The molecule has 2 heteroatoms. The van der Waals surface area contributed by atoms with Crippen LogP contribution in [0.15, 0.2) is 71.3 Å². The van der Waals surface area contributed by atoms with E-state index in [1.165, 1.54) is 43.9 Å². The van der Waals surface area contributed by atoms with Crippen molar-refractivity contribution in [3.63, 3.8) is 0 Å². The molecule has 0 fully saturated rings. The number of nitrogens with zero attached hydrogens (tertiary/aromatic N) is 1. The third-order valence-electron chi connectivity index (χ3n) is 5.25. The second kappa shape index (κ2) is 5.43. The zero-order chi connectivity index (χ0) is 17.8. The minimum atomic E-state index is 0.945. The molecule has 0 bridgehead atoms. The molecule has 0 aliphatic heterocycles. The van der Waals surface area contributed by atoms with Crippen molar-refractivity contribution in [2.75, 3.05) is 0 Å². The van der Waals surface area contributed by atoms with Gasteiger partial charge in [-0.2, -0.15) is 0 Å². The van der Waals surface area contributed by atoms with Crippen molar-refractivity contribution >= 4 is 32.7 Å². The van der Waals surface area contributed by atoms with E-state index in [2.05, 4.69) is 92.3 Å². The number of hydrogen-bond donors (Lipinski definition) is 0. The molecule has 2 aromatic heterocycles. The fourth-order valence-corrected chi connectivity index (χ4v) is 3.95. The van der Waals surface area contributed by atoms with Crippen molar-refractivity contribution in [3.8, 4) is 11.3 Å². The Morgan fingerprint density at radius 3 is 2.35 bits per heavy atom. The van der Waals surface area contributed by atoms with E-state index in [4.69, 9.17) is 4.42 Å². The summed E-state index contributed by atoms with van der Waals surface area (Å²) in [5.74, 6) is 0. The van der Waals surface area contributed by atoms with Crippen LogP contribution in [0.25, 0.3) is 44.0 Å². The summed E-state index contributed by atoms with van der Waals surface area (Å²) >= 11 is 0. The average Bonchev–Trinajstić information content (AvgIpc) is 2.98.